The molecule has 5 aromatic rings. The van der Waals surface area contributed by atoms with Crippen molar-refractivity contribution in [2.24, 2.45) is 4.99 Å². The van der Waals surface area contributed by atoms with Crippen LogP contribution in [0.1, 0.15) is 11.1 Å². The van der Waals surface area contributed by atoms with Crippen molar-refractivity contribution in [1.82, 2.24) is 9.55 Å². The molecule has 0 aliphatic carbocycles. The standard InChI is InChI=1S/C28H20F3N3O2/c29-28(30,31)36-24-10-8-22(9-11-24)34-18-33-27-25-12-6-20(14-21(25)7-13-26(27)34)16-32-17-23(35)15-19-4-2-1-3-5-19/h1-14,16,18H,15,17H2. The minimum atomic E-state index is -4.73. The van der Waals surface area contributed by atoms with Crippen molar-refractivity contribution in [3.63, 3.8) is 0 Å². The van der Waals surface area contributed by atoms with Crippen LogP contribution in [0, 0.1) is 0 Å². The largest absolute Gasteiger partial charge is 0.573 e. The molecule has 0 N–H and O–H groups in total. The molecule has 0 amide bonds. The fourth-order valence-electron chi connectivity index (χ4n) is 4.05. The van der Waals surface area contributed by atoms with E-state index < -0.39 is 6.36 Å². The van der Waals surface area contributed by atoms with Gasteiger partial charge in [-0.1, -0.05) is 48.5 Å². The fraction of sp³-hybridized carbons (Fsp3) is 0.107. The average molecular weight is 487 g/mol. The maximum Gasteiger partial charge on any atom is 0.573 e. The monoisotopic (exact) mass is 487 g/mol. The number of hydrogen-bond donors (Lipinski definition) is 0. The van der Waals surface area contributed by atoms with Gasteiger partial charge in [-0.05, 0) is 52.9 Å². The van der Waals surface area contributed by atoms with E-state index in [1.807, 2.05) is 60.7 Å². The third kappa shape index (κ3) is 5.27. The van der Waals surface area contributed by atoms with E-state index in [0.29, 0.717) is 12.1 Å². The second-order valence-electron chi connectivity index (χ2n) is 8.24. The maximum atomic E-state index is 12.4. The van der Waals surface area contributed by atoms with Crippen molar-refractivity contribution in [2.45, 2.75) is 12.8 Å². The third-order valence-corrected chi connectivity index (χ3v) is 5.66. The van der Waals surface area contributed by atoms with Crippen LogP contribution in [0.15, 0.2) is 96.2 Å². The molecule has 36 heavy (non-hydrogen) atoms. The van der Waals surface area contributed by atoms with Gasteiger partial charge in [0.15, 0.2) is 5.78 Å². The molecule has 0 saturated heterocycles. The first-order valence-corrected chi connectivity index (χ1v) is 11.2. The first-order chi connectivity index (χ1) is 17.4. The lowest BCUT2D eigenvalue weighted by Gasteiger charge is -2.10. The molecule has 1 aromatic heterocycles. The molecule has 0 bridgehead atoms. The molecule has 180 valence electrons. The van der Waals surface area contributed by atoms with Gasteiger partial charge in [0.05, 0.1) is 17.6 Å². The molecule has 8 heteroatoms. The summed E-state index contributed by atoms with van der Waals surface area (Å²) in [6.07, 6.45) is -1.05. The highest BCUT2D eigenvalue weighted by molar-refractivity contribution is 6.06. The number of carbonyl (C=O) groups excluding carboxylic acids is 1. The van der Waals surface area contributed by atoms with E-state index in [-0.39, 0.29) is 18.1 Å². The highest BCUT2D eigenvalue weighted by Gasteiger charge is 2.31. The summed E-state index contributed by atoms with van der Waals surface area (Å²) in [5.41, 5.74) is 4.09. The normalized spacial score (nSPS) is 12.0. The Morgan fingerprint density at radius 2 is 1.75 bits per heavy atom. The summed E-state index contributed by atoms with van der Waals surface area (Å²) in [6.45, 7) is 0.114. The smallest absolute Gasteiger partial charge is 0.406 e. The zero-order valence-corrected chi connectivity index (χ0v) is 18.9. The van der Waals surface area contributed by atoms with Gasteiger partial charge in [0.2, 0.25) is 0 Å². The maximum absolute atomic E-state index is 12.4. The van der Waals surface area contributed by atoms with Gasteiger partial charge in [-0.25, -0.2) is 4.98 Å². The van der Waals surface area contributed by atoms with Crippen molar-refractivity contribution in [1.29, 1.82) is 0 Å². The highest BCUT2D eigenvalue weighted by atomic mass is 19.4. The summed E-state index contributed by atoms with van der Waals surface area (Å²) < 4.78 is 43.0. The summed E-state index contributed by atoms with van der Waals surface area (Å²) in [4.78, 5) is 21.0. The topological polar surface area (TPSA) is 56.5 Å². The van der Waals surface area contributed by atoms with Gasteiger partial charge in [0.1, 0.15) is 12.1 Å². The van der Waals surface area contributed by atoms with Gasteiger partial charge in [0, 0.05) is 23.7 Å². The van der Waals surface area contributed by atoms with Crippen LogP contribution >= 0.6 is 0 Å². The van der Waals surface area contributed by atoms with Crippen LogP contribution in [-0.2, 0) is 11.2 Å². The Balaban J connectivity index is 1.33. The van der Waals surface area contributed by atoms with Crippen LogP contribution in [0.5, 0.6) is 5.75 Å². The Labute approximate surface area is 204 Å². The number of benzene rings is 4. The van der Waals surface area contributed by atoms with Crippen LogP contribution in [0.3, 0.4) is 0 Å². The summed E-state index contributed by atoms with van der Waals surface area (Å²) in [5.74, 6) is -0.236. The predicted molar refractivity (Wildman–Crippen MR) is 133 cm³/mol. The van der Waals surface area contributed by atoms with E-state index in [4.69, 9.17) is 0 Å². The van der Waals surface area contributed by atoms with Crippen LogP contribution in [0.2, 0.25) is 0 Å². The molecule has 0 saturated carbocycles. The van der Waals surface area contributed by atoms with Crippen LogP contribution in [-0.4, -0.2) is 34.5 Å². The number of nitrogens with zero attached hydrogens (tertiary/aromatic N) is 3. The first-order valence-electron chi connectivity index (χ1n) is 11.2. The number of aromatic nitrogens is 2. The number of ether oxygens (including phenoxy) is 1. The molecule has 5 nitrogen and oxygen atoms in total. The molecular formula is C28H20F3N3O2. The lowest BCUT2D eigenvalue weighted by atomic mass is 10.1. The van der Waals surface area contributed by atoms with Crippen molar-refractivity contribution >= 4 is 33.8 Å². The number of fused-ring (bicyclic) bond motifs is 3. The van der Waals surface area contributed by atoms with E-state index in [1.54, 1.807) is 29.2 Å². The molecule has 0 spiro atoms. The number of Topliss-reactive ketones (excluding diaryl/α,β-unsaturated/α-hetero) is 1. The number of ketones is 1. The highest BCUT2D eigenvalue weighted by Crippen LogP contribution is 2.28. The number of imidazole rings is 1. The number of carbonyl (C=O) groups is 1. The second-order valence-corrected chi connectivity index (χ2v) is 8.24. The third-order valence-electron chi connectivity index (χ3n) is 5.66. The van der Waals surface area contributed by atoms with Crippen LogP contribution in [0.4, 0.5) is 13.2 Å². The van der Waals surface area contributed by atoms with Crippen molar-refractivity contribution in [3.8, 4) is 11.4 Å². The van der Waals surface area contributed by atoms with Gasteiger partial charge >= 0.3 is 6.36 Å². The van der Waals surface area contributed by atoms with Crippen molar-refractivity contribution in [2.75, 3.05) is 6.54 Å². The molecule has 0 unspecified atom stereocenters. The molecule has 5 rings (SSSR count). The summed E-state index contributed by atoms with van der Waals surface area (Å²) in [7, 11) is 0. The molecule has 0 radical (unpaired) electrons. The lowest BCUT2D eigenvalue weighted by molar-refractivity contribution is -0.274. The van der Waals surface area contributed by atoms with Gasteiger partial charge in [0.25, 0.3) is 0 Å². The van der Waals surface area contributed by atoms with Gasteiger partial charge in [-0.15, -0.1) is 13.2 Å². The zero-order chi connectivity index (χ0) is 25.1. The zero-order valence-electron chi connectivity index (χ0n) is 18.9. The summed E-state index contributed by atoms with van der Waals surface area (Å²) >= 11 is 0. The minimum Gasteiger partial charge on any atom is -0.406 e. The molecule has 0 atom stereocenters. The number of hydrogen-bond acceptors (Lipinski definition) is 4. The van der Waals surface area contributed by atoms with E-state index in [9.17, 15) is 18.0 Å². The van der Waals surface area contributed by atoms with Crippen LogP contribution < -0.4 is 4.74 Å². The van der Waals surface area contributed by atoms with Gasteiger partial charge in [-0.2, -0.15) is 0 Å². The predicted octanol–water partition coefficient (Wildman–Crippen LogP) is 6.31. The van der Waals surface area contributed by atoms with Crippen LogP contribution in [0.25, 0.3) is 27.5 Å². The number of rotatable bonds is 7. The first kappa shape index (κ1) is 23.3. The molecular weight excluding hydrogens is 467 g/mol. The summed E-state index contributed by atoms with van der Waals surface area (Å²) in [6, 6.07) is 24.9. The fourth-order valence-corrected chi connectivity index (χ4v) is 4.05. The number of alkyl halides is 3. The Kier molecular flexibility index (Phi) is 6.25. The summed E-state index contributed by atoms with van der Waals surface area (Å²) in [5, 5.41) is 1.89. The molecule has 4 aromatic carbocycles. The quantitative estimate of drug-likeness (QED) is 0.253. The molecule has 0 aliphatic rings. The molecule has 0 fully saturated rings. The van der Waals surface area contributed by atoms with E-state index in [1.165, 1.54) is 12.1 Å². The van der Waals surface area contributed by atoms with Crippen molar-refractivity contribution < 1.29 is 22.7 Å². The lowest BCUT2D eigenvalue weighted by Crippen LogP contribution is -2.17. The van der Waals surface area contributed by atoms with Gasteiger partial charge < -0.3 is 4.74 Å². The second kappa shape index (κ2) is 9.65. The Bertz CT molecular complexity index is 1560. The molecule has 1 heterocycles. The number of halogens is 3. The average Bonchev–Trinajstić information content (AvgIpc) is 3.29. The van der Waals surface area contributed by atoms with E-state index in [0.717, 1.165) is 32.9 Å². The number of aliphatic imine (C=N–C) groups is 1. The Hall–Kier alpha value is -4.46. The molecule has 0 aliphatic heterocycles. The van der Waals surface area contributed by atoms with Crippen molar-refractivity contribution in [3.05, 3.63) is 102 Å². The van der Waals surface area contributed by atoms with E-state index in [2.05, 4.69) is 14.7 Å². The Morgan fingerprint density at radius 3 is 2.50 bits per heavy atom. The minimum absolute atomic E-state index is 0.0449. The SMILES string of the molecule is O=C(CN=Cc1ccc2c(ccc3c2ncn3-c2ccc(OC(F)(F)F)cc2)c1)Cc1ccccc1. The van der Waals surface area contributed by atoms with Gasteiger partial charge in [-0.3, -0.25) is 14.4 Å². The Morgan fingerprint density at radius 1 is 0.972 bits per heavy atom. The van der Waals surface area contributed by atoms with E-state index >= 15 is 0 Å².